The molecule has 0 amide bonds. The van der Waals surface area contributed by atoms with Crippen LogP contribution in [-0.4, -0.2) is 23.5 Å². The van der Waals surface area contributed by atoms with Gasteiger partial charge in [0, 0.05) is 29.7 Å². The summed E-state index contributed by atoms with van der Waals surface area (Å²) in [6.07, 6.45) is 1.07. The van der Waals surface area contributed by atoms with Gasteiger partial charge in [-0.15, -0.1) is 0 Å². The van der Waals surface area contributed by atoms with Crippen LogP contribution >= 0.6 is 0 Å². The molecule has 1 aliphatic heterocycles. The lowest BCUT2D eigenvalue weighted by Gasteiger charge is -2.36. The molecule has 0 saturated carbocycles. The summed E-state index contributed by atoms with van der Waals surface area (Å²) >= 11 is 0. The van der Waals surface area contributed by atoms with Crippen LogP contribution in [0.2, 0.25) is 0 Å². The Labute approximate surface area is 165 Å². The molecule has 2 heterocycles. The van der Waals surface area contributed by atoms with E-state index in [-0.39, 0.29) is 6.04 Å². The summed E-state index contributed by atoms with van der Waals surface area (Å²) in [5.74, 6) is 0.894. The highest BCUT2D eigenvalue weighted by molar-refractivity contribution is 5.85. The fourth-order valence-corrected chi connectivity index (χ4v) is 4.44. The zero-order chi connectivity index (χ0) is 18.9. The van der Waals surface area contributed by atoms with E-state index in [1.807, 2.05) is 0 Å². The van der Waals surface area contributed by atoms with Gasteiger partial charge in [-0.25, -0.2) is 0 Å². The summed E-state index contributed by atoms with van der Waals surface area (Å²) < 4.78 is 5.38. The maximum Gasteiger partial charge on any atom is 0.118 e. The van der Waals surface area contributed by atoms with Crippen molar-refractivity contribution in [1.29, 1.82) is 0 Å². The van der Waals surface area contributed by atoms with E-state index < -0.39 is 0 Å². The number of fused-ring (bicyclic) bond motifs is 3. The lowest BCUT2D eigenvalue weighted by atomic mass is 9.92. The van der Waals surface area contributed by atoms with Crippen molar-refractivity contribution in [2.24, 2.45) is 0 Å². The molecule has 3 heteroatoms. The van der Waals surface area contributed by atoms with Crippen molar-refractivity contribution in [3.8, 4) is 5.75 Å². The molecule has 1 aliphatic rings. The van der Waals surface area contributed by atoms with Crippen LogP contribution in [0.15, 0.2) is 78.9 Å². The first-order valence-corrected chi connectivity index (χ1v) is 9.85. The Morgan fingerprint density at radius 2 is 1.68 bits per heavy atom. The lowest BCUT2D eigenvalue weighted by molar-refractivity contribution is 0.202. The first kappa shape index (κ1) is 17.1. The number of nitrogens with one attached hydrogen (secondary N) is 1. The summed E-state index contributed by atoms with van der Waals surface area (Å²) in [4.78, 5) is 6.31. The van der Waals surface area contributed by atoms with Crippen LogP contribution in [0.4, 0.5) is 0 Å². The molecule has 1 aromatic heterocycles. The standard InChI is InChI=1S/C25H24N2O/c1-28-20-13-11-19(12-14-20)25-24-22(21-9-5-6-10-23(21)26-24)15-16-27(25)17-18-7-3-2-4-8-18/h2-14,25-26H,15-17H2,1H3. The zero-order valence-electron chi connectivity index (χ0n) is 16.1. The van der Waals surface area contributed by atoms with Crippen LogP contribution < -0.4 is 4.74 Å². The van der Waals surface area contributed by atoms with E-state index in [1.165, 1.54) is 33.3 Å². The van der Waals surface area contributed by atoms with Crippen LogP contribution in [0.3, 0.4) is 0 Å². The van der Waals surface area contributed by atoms with Gasteiger partial charge in [-0.2, -0.15) is 0 Å². The van der Waals surface area contributed by atoms with E-state index in [0.29, 0.717) is 0 Å². The molecule has 0 fully saturated rings. The van der Waals surface area contributed by atoms with Crippen LogP contribution in [0, 0.1) is 0 Å². The molecule has 0 bridgehead atoms. The Morgan fingerprint density at radius 3 is 2.46 bits per heavy atom. The molecule has 3 aromatic carbocycles. The van der Waals surface area contributed by atoms with Crippen molar-refractivity contribution in [3.05, 3.63) is 101 Å². The van der Waals surface area contributed by atoms with Gasteiger partial charge in [-0.05, 0) is 41.3 Å². The molecule has 3 nitrogen and oxygen atoms in total. The number of ether oxygens (including phenoxy) is 1. The van der Waals surface area contributed by atoms with Crippen LogP contribution in [0.1, 0.15) is 28.4 Å². The number of aromatic amines is 1. The van der Waals surface area contributed by atoms with Gasteiger partial charge in [-0.1, -0.05) is 60.7 Å². The van der Waals surface area contributed by atoms with Gasteiger partial charge in [0.1, 0.15) is 5.75 Å². The Hall–Kier alpha value is -3.04. The number of aromatic nitrogens is 1. The second-order valence-corrected chi connectivity index (χ2v) is 7.44. The van der Waals surface area contributed by atoms with Gasteiger partial charge in [0.05, 0.1) is 13.2 Å². The fourth-order valence-electron chi connectivity index (χ4n) is 4.44. The summed E-state index contributed by atoms with van der Waals surface area (Å²) in [5.41, 5.74) is 6.66. The van der Waals surface area contributed by atoms with Gasteiger partial charge in [0.25, 0.3) is 0 Å². The van der Waals surface area contributed by atoms with Gasteiger partial charge in [-0.3, -0.25) is 4.90 Å². The molecule has 28 heavy (non-hydrogen) atoms. The molecular formula is C25H24N2O. The van der Waals surface area contributed by atoms with Crippen LogP contribution in [0.5, 0.6) is 5.75 Å². The largest absolute Gasteiger partial charge is 0.497 e. The number of para-hydroxylation sites is 1. The highest BCUT2D eigenvalue weighted by Crippen LogP contribution is 2.39. The summed E-state index contributed by atoms with van der Waals surface area (Å²) in [6.45, 7) is 1.98. The van der Waals surface area contributed by atoms with Crippen molar-refractivity contribution in [1.82, 2.24) is 9.88 Å². The number of H-pyrrole nitrogens is 1. The van der Waals surface area contributed by atoms with Crippen molar-refractivity contribution >= 4 is 10.9 Å². The molecule has 0 radical (unpaired) electrons. The first-order valence-electron chi connectivity index (χ1n) is 9.85. The van der Waals surface area contributed by atoms with Gasteiger partial charge < -0.3 is 9.72 Å². The molecule has 0 saturated heterocycles. The second-order valence-electron chi connectivity index (χ2n) is 7.44. The van der Waals surface area contributed by atoms with E-state index in [2.05, 4.69) is 88.7 Å². The van der Waals surface area contributed by atoms with E-state index in [4.69, 9.17) is 4.74 Å². The maximum atomic E-state index is 5.38. The fraction of sp³-hybridized carbons (Fsp3) is 0.200. The van der Waals surface area contributed by atoms with Gasteiger partial charge in [0.2, 0.25) is 0 Å². The Balaban J connectivity index is 1.61. The first-order chi connectivity index (χ1) is 13.8. The second kappa shape index (κ2) is 7.17. The van der Waals surface area contributed by atoms with Gasteiger partial charge in [0.15, 0.2) is 0 Å². The number of methoxy groups -OCH3 is 1. The smallest absolute Gasteiger partial charge is 0.118 e. The van der Waals surface area contributed by atoms with E-state index >= 15 is 0 Å². The quantitative estimate of drug-likeness (QED) is 0.528. The van der Waals surface area contributed by atoms with Crippen molar-refractivity contribution in [3.63, 3.8) is 0 Å². The number of benzene rings is 3. The van der Waals surface area contributed by atoms with E-state index in [0.717, 1.165) is 25.3 Å². The molecular weight excluding hydrogens is 344 g/mol. The molecule has 1 atom stereocenters. The molecule has 140 valence electrons. The van der Waals surface area contributed by atoms with Gasteiger partial charge >= 0.3 is 0 Å². The normalized spacial score (nSPS) is 16.8. The zero-order valence-corrected chi connectivity index (χ0v) is 16.1. The van der Waals surface area contributed by atoms with E-state index in [9.17, 15) is 0 Å². The maximum absolute atomic E-state index is 5.38. The average Bonchev–Trinajstić information content (AvgIpc) is 3.13. The highest BCUT2D eigenvalue weighted by Gasteiger charge is 2.31. The highest BCUT2D eigenvalue weighted by atomic mass is 16.5. The van der Waals surface area contributed by atoms with E-state index in [1.54, 1.807) is 7.11 Å². The third-order valence-electron chi connectivity index (χ3n) is 5.79. The van der Waals surface area contributed by atoms with Crippen molar-refractivity contribution in [2.45, 2.75) is 19.0 Å². The van der Waals surface area contributed by atoms with Crippen LogP contribution in [-0.2, 0) is 13.0 Å². The third kappa shape index (κ3) is 2.98. The molecule has 1 N–H and O–H groups in total. The minimum Gasteiger partial charge on any atom is -0.497 e. The average molecular weight is 368 g/mol. The summed E-state index contributed by atoms with van der Waals surface area (Å²) in [6, 6.07) is 28.1. The summed E-state index contributed by atoms with van der Waals surface area (Å²) in [7, 11) is 1.72. The number of hydrogen-bond acceptors (Lipinski definition) is 2. The van der Waals surface area contributed by atoms with Crippen molar-refractivity contribution in [2.75, 3.05) is 13.7 Å². The molecule has 0 aliphatic carbocycles. The monoisotopic (exact) mass is 368 g/mol. The van der Waals surface area contributed by atoms with Crippen molar-refractivity contribution < 1.29 is 4.74 Å². The SMILES string of the molecule is COc1ccc(C2c3[nH]c4ccccc4c3CCN2Cc2ccccc2)cc1. The topological polar surface area (TPSA) is 28.3 Å². The number of hydrogen-bond donors (Lipinski definition) is 1. The summed E-state index contributed by atoms with van der Waals surface area (Å²) in [5, 5.41) is 1.36. The number of rotatable bonds is 4. The third-order valence-corrected chi connectivity index (χ3v) is 5.79. The Kier molecular flexibility index (Phi) is 4.38. The molecule has 5 rings (SSSR count). The molecule has 0 spiro atoms. The predicted octanol–water partition coefficient (Wildman–Crippen LogP) is 5.32. The Bertz CT molecular complexity index is 1080. The minimum absolute atomic E-state index is 0.210. The molecule has 1 unspecified atom stereocenters. The lowest BCUT2D eigenvalue weighted by Crippen LogP contribution is -2.35. The Morgan fingerprint density at radius 1 is 0.929 bits per heavy atom. The molecule has 4 aromatic rings. The minimum atomic E-state index is 0.210. The van der Waals surface area contributed by atoms with Crippen LogP contribution in [0.25, 0.3) is 10.9 Å². The number of nitrogens with zero attached hydrogens (tertiary/aromatic N) is 1. The predicted molar refractivity (Wildman–Crippen MR) is 114 cm³/mol.